The minimum Gasteiger partial charge on any atom is -0.297 e. The molecule has 0 aromatic carbocycles. The number of sulfone groups is 1. The van der Waals surface area contributed by atoms with E-state index in [1.165, 1.54) is 34.9 Å². The Morgan fingerprint density at radius 3 is 2.79 bits per heavy atom. The number of thiophene rings is 1. The molecule has 1 aliphatic rings. The third kappa shape index (κ3) is 5.07. The van der Waals surface area contributed by atoms with E-state index >= 15 is 0 Å². The van der Waals surface area contributed by atoms with Crippen molar-refractivity contribution in [2.45, 2.75) is 51.7 Å². The highest BCUT2D eigenvalue weighted by molar-refractivity contribution is 8.00. The van der Waals surface area contributed by atoms with Crippen LogP contribution in [-0.4, -0.2) is 40.9 Å². The van der Waals surface area contributed by atoms with Crippen molar-refractivity contribution in [2.24, 2.45) is 11.3 Å². The number of nitrogens with zero attached hydrogens (tertiary/aromatic N) is 3. The molecule has 5 nitrogen and oxygen atoms in total. The molecule has 0 aliphatic heterocycles. The summed E-state index contributed by atoms with van der Waals surface area (Å²) in [7, 11) is -2.98. The van der Waals surface area contributed by atoms with Gasteiger partial charge in [-0.15, -0.1) is 28.1 Å². The van der Waals surface area contributed by atoms with Crippen LogP contribution < -0.4 is 0 Å². The average molecular weight is 440 g/mol. The highest BCUT2D eigenvalue weighted by Gasteiger charge is 2.30. The minimum atomic E-state index is -2.98. The van der Waals surface area contributed by atoms with Crippen molar-refractivity contribution in [1.29, 1.82) is 0 Å². The second-order valence-electron chi connectivity index (χ2n) is 8.55. The maximum atomic E-state index is 11.4. The summed E-state index contributed by atoms with van der Waals surface area (Å²) < 4.78 is 24.8. The number of fused-ring (bicyclic) bond motifs is 1. The van der Waals surface area contributed by atoms with Crippen LogP contribution in [0.1, 0.15) is 37.6 Å². The summed E-state index contributed by atoms with van der Waals surface area (Å²) in [6.07, 6.45) is 6.59. The third-order valence-electron chi connectivity index (χ3n) is 5.24. The van der Waals surface area contributed by atoms with E-state index in [9.17, 15) is 8.42 Å². The lowest BCUT2D eigenvalue weighted by Crippen LogP contribution is -2.26. The van der Waals surface area contributed by atoms with Gasteiger partial charge in [-0.3, -0.25) is 4.57 Å². The fourth-order valence-electron chi connectivity index (χ4n) is 3.53. The van der Waals surface area contributed by atoms with E-state index in [-0.39, 0.29) is 5.75 Å². The summed E-state index contributed by atoms with van der Waals surface area (Å²) in [6, 6.07) is 2.28. The van der Waals surface area contributed by atoms with Crippen LogP contribution in [-0.2, 0) is 29.2 Å². The average Bonchev–Trinajstić information content (AvgIpc) is 3.16. The van der Waals surface area contributed by atoms with Crippen LogP contribution >= 0.6 is 23.1 Å². The zero-order valence-corrected chi connectivity index (χ0v) is 19.5. The molecule has 0 spiro atoms. The summed E-state index contributed by atoms with van der Waals surface area (Å²) >= 11 is 3.25. The van der Waals surface area contributed by atoms with Crippen LogP contribution in [0.5, 0.6) is 0 Å². The highest BCUT2D eigenvalue weighted by atomic mass is 32.2. The molecule has 1 atom stereocenters. The van der Waals surface area contributed by atoms with Crippen molar-refractivity contribution < 1.29 is 8.42 Å². The molecule has 0 N–H and O–H groups in total. The van der Waals surface area contributed by atoms with Gasteiger partial charge in [0.1, 0.15) is 9.84 Å². The third-order valence-corrected chi connectivity index (χ3v) is 8.65. The molecule has 1 unspecified atom stereocenters. The van der Waals surface area contributed by atoms with Crippen molar-refractivity contribution >= 4 is 32.9 Å². The summed E-state index contributed by atoms with van der Waals surface area (Å²) in [6.45, 7) is 11.5. The minimum absolute atomic E-state index is 0.134. The summed E-state index contributed by atoms with van der Waals surface area (Å²) in [5.41, 5.74) is 1.78. The Kier molecular flexibility index (Phi) is 6.41. The lowest BCUT2D eigenvalue weighted by atomic mass is 9.72. The Labute approximate surface area is 176 Å². The first-order valence-corrected chi connectivity index (χ1v) is 13.4. The van der Waals surface area contributed by atoms with Gasteiger partial charge < -0.3 is 0 Å². The van der Waals surface area contributed by atoms with Crippen molar-refractivity contribution in [2.75, 3.05) is 17.8 Å². The predicted molar refractivity (Wildman–Crippen MR) is 119 cm³/mol. The van der Waals surface area contributed by atoms with Gasteiger partial charge >= 0.3 is 0 Å². The first-order valence-electron chi connectivity index (χ1n) is 9.55. The van der Waals surface area contributed by atoms with Crippen molar-refractivity contribution in [1.82, 2.24) is 14.8 Å². The van der Waals surface area contributed by atoms with Gasteiger partial charge in [0.25, 0.3) is 0 Å². The number of aryl methyl sites for hydroxylation is 1. The number of thioether (sulfide) groups is 1. The molecule has 28 heavy (non-hydrogen) atoms. The number of hydrogen-bond acceptors (Lipinski definition) is 6. The smallest absolute Gasteiger partial charge is 0.191 e. The number of aromatic nitrogens is 3. The van der Waals surface area contributed by atoms with E-state index in [0.717, 1.165) is 28.7 Å². The van der Waals surface area contributed by atoms with Gasteiger partial charge in [0.05, 0.1) is 10.6 Å². The fourth-order valence-corrected chi connectivity index (χ4v) is 6.87. The van der Waals surface area contributed by atoms with Gasteiger partial charge in [0, 0.05) is 23.4 Å². The Bertz CT molecular complexity index is 952. The molecule has 2 aromatic rings. The quantitative estimate of drug-likeness (QED) is 0.470. The van der Waals surface area contributed by atoms with Gasteiger partial charge in [-0.25, -0.2) is 8.42 Å². The van der Waals surface area contributed by atoms with Gasteiger partial charge in [-0.2, -0.15) is 0 Å². The van der Waals surface area contributed by atoms with Gasteiger partial charge in [0.15, 0.2) is 11.0 Å². The summed E-state index contributed by atoms with van der Waals surface area (Å²) in [5, 5.41) is 9.52. The zero-order valence-electron chi connectivity index (χ0n) is 17.1. The number of hydrogen-bond donors (Lipinski definition) is 0. The van der Waals surface area contributed by atoms with Crippen LogP contribution in [0.3, 0.4) is 0 Å². The molecule has 2 aromatic heterocycles. The molecule has 0 bridgehead atoms. The number of allylic oxidation sites excluding steroid dienone is 1. The Hall–Kier alpha value is -1.12. The first-order chi connectivity index (χ1) is 13.1. The lowest BCUT2D eigenvalue weighted by Gasteiger charge is -2.33. The van der Waals surface area contributed by atoms with Gasteiger partial charge in [-0.1, -0.05) is 38.6 Å². The Balaban J connectivity index is 1.84. The van der Waals surface area contributed by atoms with Crippen LogP contribution in [0.4, 0.5) is 0 Å². The molecule has 1 aliphatic carbocycles. The topological polar surface area (TPSA) is 64.8 Å². The molecule has 0 amide bonds. The van der Waals surface area contributed by atoms with Crippen molar-refractivity contribution in [3.8, 4) is 10.7 Å². The SMILES string of the molecule is C=CCn1c(SCCS(C)(=O)=O)nnc1-c1cc2c(s1)CCC(C(C)(C)C)C2. The van der Waals surface area contributed by atoms with Gasteiger partial charge in [-0.05, 0) is 42.2 Å². The molecule has 2 heterocycles. The Morgan fingerprint density at radius 1 is 1.39 bits per heavy atom. The van der Waals surface area contributed by atoms with Crippen molar-refractivity contribution in [3.05, 3.63) is 29.2 Å². The number of rotatable bonds is 7. The maximum absolute atomic E-state index is 11.4. The molecule has 0 fully saturated rings. The molecular weight excluding hydrogens is 410 g/mol. The van der Waals surface area contributed by atoms with Crippen LogP contribution in [0.2, 0.25) is 0 Å². The van der Waals surface area contributed by atoms with Gasteiger partial charge in [0.2, 0.25) is 0 Å². The first kappa shape index (κ1) is 21.6. The standard InChI is InChI=1S/C20H29N3O2S3/c1-6-9-23-18(21-22-19(23)26-10-11-28(5,24)25)17-13-14-12-15(20(2,3)4)7-8-16(14)27-17/h6,13,15H,1,7-12H2,2-5H3. The normalized spacial score (nSPS) is 17.5. The summed E-state index contributed by atoms with van der Waals surface area (Å²) in [5.74, 6) is 2.17. The van der Waals surface area contributed by atoms with Crippen LogP contribution in [0, 0.1) is 11.3 Å². The molecule has 0 saturated carbocycles. The molecule has 0 saturated heterocycles. The molecule has 0 radical (unpaired) electrons. The zero-order chi connectivity index (χ0) is 20.5. The summed E-state index contributed by atoms with van der Waals surface area (Å²) in [4.78, 5) is 2.61. The monoisotopic (exact) mass is 439 g/mol. The van der Waals surface area contributed by atoms with E-state index in [2.05, 4.69) is 43.6 Å². The van der Waals surface area contributed by atoms with Crippen molar-refractivity contribution in [3.63, 3.8) is 0 Å². The van der Waals surface area contributed by atoms with E-state index in [4.69, 9.17) is 0 Å². The lowest BCUT2D eigenvalue weighted by molar-refractivity contribution is 0.217. The van der Waals surface area contributed by atoms with E-state index in [1.807, 2.05) is 22.0 Å². The second-order valence-corrected chi connectivity index (χ2v) is 13.0. The predicted octanol–water partition coefficient (Wildman–Crippen LogP) is 4.48. The van der Waals surface area contributed by atoms with E-state index in [0.29, 0.717) is 23.6 Å². The second kappa shape index (κ2) is 8.32. The molecule has 3 rings (SSSR count). The molecule has 8 heteroatoms. The fraction of sp³-hybridized carbons (Fsp3) is 0.600. The largest absolute Gasteiger partial charge is 0.297 e. The maximum Gasteiger partial charge on any atom is 0.191 e. The van der Waals surface area contributed by atoms with E-state index < -0.39 is 9.84 Å². The highest BCUT2D eigenvalue weighted by Crippen LogP contribution is 2.42. The molecule has 154 valence electrons. The molecular formula is C20H29N3O2S3. The van der Waals surface area contributed by atoms with E-state index in [1.54, 1.807) is 0 Å². The van der Waals surface area contributed by atoms with Crippen LogP contribution in [0.25, 0.3) is 10.7 Å². The Morgan fingerprint density at radius 2 is 2.14 bits per heavy atom. The van der Waals surface area contributed by atoms with Crippen LogP contribution in [0.15, 0.2) is 23.9 Å².